The molecule has 0 aromatic heterocycles. The van der Waals surface area contributed by atoms with Crippen molar-refractivity contribution in [1.29, 1.82) is 0 Å². The fourth-order valence-corrected chi connectivity index (χ4v) is 27.8. The van der Waals surface area contributed by atoms with Crippen molar-refractivity contribution < 1.29 is 0 Å². The second kappa shape index (κ2) is 38.3. The molecule has 0 heterocycles. The lowest BCUT2D eigenvalue weighted by Gasteiger charge is -2.20. The van der Waals surface area contributed by atoms with Crippen LogP contribution >= 0.6 is 0 Å². The van der Waals surface area contributed by atoms with Crippen molar-refractivity contribution in [3.63, 3.8) is 0 Å². The first-order chi connectivity index (χ1) is 71.9. The first-order valence-electron chi connectivity index (χ1n) is 50.6. The van der Waals surface area contributed by atoms with E-state index in [-0.39, 0.29) is 0 Å². The Morgan fingerprint density at radius 3 is 0.703 bits per heavy atom. The maximum absolute atomic E-state index is 2.52. The summed E-state index contributed by atoms with van der Waals surface area (Å²) in [5, 5.41) is 42.3. The maximum Gasteiger partial charge on any atom is 0.0875 e. The molecular formula is C142H98Si3. The van der Waals surface area contributed by atoms with Crippen molar-refractivity contribution >= 4 is 200 Å². The van der Waals surface area contributed by atoms with Crippen molar-refractivity contribution in [2.24, 2.45) is 0 Å². The quantitative estimate of drug-likeness (QED) is 0.0545. The Labute approximate surface area is 851 Å². The van der Waals surface area contributed by atoms with Crippen LogP contribution < -0.4 is 31.1 Å². The van der Waals surface area contributed by atoms with Gasteiger partial charge in [-0.3, -0.25) is 0 Å². The summed E-state index contributed by atoms with van der Waals surface area (Å²) >= 11 is 0. The molecule has 0 saturated carbocycles. The topological polar surface area (TPSA) is 0 Å². The van der Waals surface area contributed by atoms with Crippen LogP contribution in [-0.4, -0.2) is 28.6 Å². The normalized spacial score (nSPS) is 11.8. The second-order valence-corrected chi connectivity index (χ2v) is 44.6. The average molecular weight is 1890 g/mol. The van der Waals surface area contributed by atoms with Gasteiger partial charge in [0.15, 0.2) is 0 Å². The zero-order valence-corrected chi connectivity index (χ0v) is 84.5. The van der Waals surface area contributed by atoms with E-state index in [2.05, 4.69) is 558 Å². The standard InChI is InChI=1S/C50H34Si.2C46H32Si/c1-2-16-37(17-3-1)51-38-29-30-46-48(32-38)50(47-31-36-14-5-7-19-41(36)42-20-8-9-21-43(42)47)45-23-11-10-22-44(45)49(46)35-27-25-34(26-28-35)40-24-12-15-33-13-4-6-18-39(33)40;1-2-16-35(17-3-1)47-36-28-29-43-44(30-36)46(40-23-11-15-32-13-5-7-19-39(32)40)42-21-9-8-20-41(42)45(43)34-26-24-33(25-27-34)38-22-10-14-31-12-4-6-18-37(31)38;1-2-15-37(16-3-1)47-38-27-28-43-44(30-38)46(36-26-21-31-11-4-5-13-35(31)29-36)42-19-9-8-18-41(42)45(43)34-24-22-33(23-25-34)40-20-10-14-32-12-6-7-17-39(32)40/h1-32H,51H2;2*1-30H,47H2. The summed E-state index contributed by atoms with van der Waals surface area (Å²) in [5.74, 6) is 0. The van der Waals surface area contributed by atoms with Gasteiger partial charge in [-0.15, -0.1) is 0 Å². The minimum absolute atomic E-state index is 0.631. The molecule has 28 aromatic rings. The molecule has 0 amide bonds. The zero-order chi connectivity index (χ0) is 96.0. The van der Waals surface area contributed by atoms with Gasteiger partial charge in [0.2, 0.25) is 0 Å². The molecule has 0 saturated heterocycles. The van der Waals surface area contributed by atoms with E-state index in [1.165, 1.54) is 271 Å². The van der Waals surface area contributed by atoms with Gasteiger partial charge in [-0.05, 0) is 252 Å². The molecule has 145 heavy (non-hydrogen) atoms. The van der Waals surface area contributed by atoms with Gasteiger partial charge in [-0.1, -0.05) is 577 Å². The van der Waals surface area contributed by atoms with Crippen molar-refractivity contribution in [2.45, 2.75) is 0 Å². The lowest BCUT2D eigenvalue weighted by Crippen LogP contribution is -2.26. The van der Waals surface area contributed by atoms with Crippen LogP contribution in [0.3, 0.4) is 0 Å². The Morgan fingerprint density at radius 1 is 0.0897 bits per heavy atom. The maximum atomic E-state index is 2.52. The summed E-state index contributed by atoms with van der Waals surface area (Å²) in [6, 6.07) is 207. The fourth-order valence-electron chi connectivity index (χ4n) is 23.3. The Morgan fingerprint density at radius 2 is 0.331 bits per heavy atom. The molecule has 0 atom stereocenters. The summed E-state index contributed by atoms with van der Waals surface area (Å²) in [4.78, 5) is 0. The van der Waals surface area contributed by atoms with Crippen LogP contribution in [0.1, 0.15) is 0 Å². The highest BCUT2D eigenvalue weighted by Gasteiger charge is 2.25. The van der Waals surface area contributed by atoms with Gasteiger partial charge in [0.25, 0.3) is 0 Å². The highest BCUT2D eigenvalue weighted by molar-refractivity contribution is 6.69. The van der Waals surface area contributed by atoms with Crippen LogP contribution in [-0.2, 0) is 0 Å². The lowest BCUT2D eigenvalue weighted by atomic mass is 9.83. The molecule has 0 radical (unpaired) electrons. The smallest absolute Gasteiger partial charge is 0.0633 e. The van der Waals surface area contributed by atoms with Crippen molar-refractivity contribution in [3.05, 3.63) is 558 Å². The van der Waals surface area contributed by atoms with Crippen LogP contribution in [0, 0.1) is 0 Å². The van der Waals surface area contributed by atoms with Crippen LogP contribution in [0.15, 0.2) is 558 Å². The van der Waals surface area contributed by atoms with Crippen molar-refractivity contribution in [3.8, 4) is 100 Å². The number of rotatable bonds is 15. The first kappa shape index (κ1) is 87.4. The molecule has 0 N–H and O–H groups in total. The Bertz CT molecular complexity index is 9860. The van der Waals surface area contributed by atoms with E-state index < -0.39 is 28.6 Å². The van der Waals surface area contributed by atoms with Crippen molar-refractivity contribution in [1.82, 2.24) is 0 Å². The van der Waals surface area contributed by atoms with Gasteiger partial charge in [-0.2, -0.15) is 0 Å². The molecule has 3 heteroatoms. The van der Waals surface area contributed by atoms with Gasteiger partial charge in [0.05, 0.1) is 28.6 Å². The Kier molecular flexibility index (Phi) is 23.1. The van der Waals surface area contributed by atoms with Crippen LogP contribution in [0.4, 0.5) is 0 Å². The highest BCUT2D eigenvalue weighted by Crippen LogP contribution is 2.51. The van der Waals surface area contributed by atoms with Crippen LogP contribution in [0.2, 0.25) is 0 Å². The largest absolute Gasteiger partial charge is 0.0875 e. The van der Waals surface area contributed by atoms with Gasteiger partial charge >= 0.3 is 0 Å². The third-order valence-electron chi connectivity index (χ3n) is 30.0. The molecule has 0 aliphatic heterocycles. The monoisotopic (exact) mass is 1890 g/mol. The van der Waals surface area contributed by atoms with E-state index in [0.717, 1.165) is 0 Å². The number of hydrogen-bond acceptors (Lipinski definition) is 0. The van der Waals surface area contributed by atoms with Crippen LogP contribution in [0.5, 0.6) is 0 Å². The lowest BCUT2D eigenvalue weighted by molar-refractivity contribution is 1.63. The molecule has 0 spiro atoms. The minimum Gasteiger partial charge on any atom is -0.0633 e. The Hall–Kier alpha value is -17.8. The average Bonchev–Trinajstić information content (AvgIpc) is 0.725. The van der Waals surface area contributed by atoms with Crippen LogP contribution in [0.25, 0.3) is 240 Å². The summed E-state index contributed by atoms with van der Waals surface area (Å²) < 4.78 is 0. The summed E-state index contributed by atoms with van der Waals surface area (Å²) in [6.45, 7) is 0. The molecule has 0 aliphatic carbocycles. The summed E-state index contributed by atoms with van der Waals surface area (Å²) in [5.41, 5.74) is 23.0. The molecule has 678 valence electrons. The van der Waals surface area contributed by atoms with Gasteiger partial charge < -0.3 is 0 Å². The third-order valence-corrected chi connectivity index (χ3v) is 35.2. The molecule has 0 fully saturated rings. The summed E-state index contributed by atoms with van der Waals surface area (Å²) in [6.07, 6.45) is 0. The SMILES string of the molecule is c1ccc([SiH2]c2ccc3c(-c4ccc(-c5cccc6ccccc56)cc4)c4ccccc4c(-c4cc5ccccc5c5ccccc45)c3c2)cc1.c1ccc([SiH2]c2ccc3c(-c4ccc(-c5cccc6ccccc56)cc4)c4ccccc4c(-c4ccc5ccccc5c4)c3c2)cc1.c1ccc([SiH2]c2ccc3c(-c4ccc(-c5cccc6ccccc56)cc4)c4ccccc4c(-c4cccc5ccccc45)c3c2)cc1. The molecule has 0 nitrogen and oxygen atoms in total. The van der Waals surface area contributed by atoms with E-state index in [1.807, 2.05) is 0 Å². The van der Waals surface area contributed by atoms with E-state index in [9.17, 15) is 0 Å². The second-order valence-electron chi connectivity index (χ2n) is 38.6. The molecule has 0 bridgehead atoms. The van der Waals surface area contributed by atoms with E-state index in [4.69, 9.17) is 0 Å². The fraction of sp³-hybridized carbons (Fsp3) is 0. The van der Waals surface area contributed by atoms with E-state index in [0.29, 0.717) is 0 Å². The number of fused-ring (bicyclic) bond motifs is 14. The van der Waals surface area contributed by atoms with E-state index in [1.54, 1.807) is 0 Å². The van der Waals surface area contributed by atoms with Gasteiger partial charge in [0, 0.05) is 0 Å². The molecule has 28 rings (SSSR count). The van der Waals surface area contributed by atoms with Crippen molar-refractivity contribution in [2.75, 3.05) is 0 Å². The predicted octanol–water partition coefficient (Wildman–Crippen LogP) is 32.4. The first-order valence-corrected chi connectivity index (χ1v) is 54.8. The van der Waals surface area contributed by atoms with E-state index >= 15 is 0 Å². The minimum atomic E-state index is -0.672. The Balaban J connectivity index is 0.000000111. The molecular weight excluding hydrogens is 1790 g/mol. The third kappa shape index (κ3) is 16.6. The number of hydrogen-bond donors (Lipinski definition) is 0. The molecule has 0 unspecified atom stereocenters. The summed E-state index contributed by atoms with van der Waals surface area (Å²) in [7, 11) is -1.94. The molecule has 28 aromatic carbocycles. The molecule has 0 aliphatic rings. The predicted molar refractivity (Wildman–Crippen MR) is 639 cm³/mol. The zero-order valence-electron chi connectivity index (χ0n) is 80.2. The van der Waals surface area contributed by atoms with Gasteiger partial charge in [-0.25, -0.2) is 0 Å². The van der Waals surface area contributed by atoms with Gasteiger partial charge in [0.1, 0.15) is 0 Å². The highest BCUT2D eigenvalue weighted by atomic mass is 28.2. The number of benzene rings is 28.